The number of rotatable bonds is 4. The summed E-state index contributed by atoms with van der Waals surface area (Å²) < 4.78 is 10.0. The molecule has 0 bridgehead atoms. The molecule has 2 fully saturated rings. The molecule has 0 saturated carbocycles. The average Bonchev–Trinajstić information content (AvgIpc) is 3.13. The number of carbonyl (C=O) groups excluding carboxylic acids is 2. The maximum atomic E-state index is 12.8. The average molecular weight is 284 g/mol. The Bertz CT molecular complexity index is 355. The Balaban J connectivity index is 2.08. The number of methoxy groups -OCH3 is 1. The number of amides is 2. The lowest BCUT2D eigenvalue weighted by Gasteiger charge is -2.30. The number of hydrogen-bond donors (Lipinski definition) is 1. The van der Waals surface area contributed by atoms with Crippen LogP contribution in [0.3, 0.4) is 0 Å². The van der Waals surface area contributed by atoms with Crippen molar-refractivity contribution in [2.24, 2.45) is 5.92 Å². The van der Waals surface area contributed by atoms with Gasteiger partial charge in [-0.1, -0.05) is 6.92 Å². The lowest BCUT2D eigenvalue weighted by atomic mass is 9.97. The van der Waals surface area contributed by atoms with Gasteiger partial charge in [-0.15, -0.1) is 0 Å². The van der Waals surface area contributed by atoms with E-state index in [1.54, 1.807) is 0 Å². The van der Waals surface area contributed by atoms with Crippen molar-refractivity contribution >= 4 is 12.0 Å². The van der Waals surface area contributed by atoms with E-state index in [1.807, 2.05) is 4.90 Å². The van der Waals surface area contributed by atoms with E-state index in [9.17, 15) is 9.59 Å². The molecule has 20 heavy (non-hydrogen) atoms. The van der Waals surface area contributed by atoms with Gasteiger partial charge < -0.3 is 19.7 Å². The number of hydrogen-bond acceptors (Lipinski definition) is 4. The van der Waals surface area contributed by atoms with E-state index in [0.29, 0.717) is 19.3 Å². The zero-order valence-electron chi connectivity index (χ0n) is 12.3. The minimum atomic E-state index is -0.553. The summed E-state index contributed by atoms with van der Waals surface area (Å²) in [6.07, 6.45) is 3.29. The van der Waals surface area contributed by atoms with Crippen molar-refractivity contribution in [2.45, 2.75) is 44.7 Å². The summed E-state index contributed by atoms with van der Waals surface area (Å²) in [6.45, 7) is 4.04. The van der Waals surface area contributed by atoms with Crippen LogP contribution >= 0.6 is 0 Å². The third-order valence-corrected chi connectivity index (χ3v) is 4.29. The molecule has 2 aliphatic heterocycles. The minimum Gasteiger partial charge on any atom is -0.453 e. The Morgan fingerprint density at radius 2 is 2.25 bits per heavy atom. The Morgan fingerprint density at radius 1 is 1.45 bits per heavy atom. The van der Waals surface area contributed by atoms with E-state index < -0.39 is 12.1 Å². The van der Waals surface area contributed by atoms with E-state index in [-0.39, 0.29) is 11.8 Å². The molecule has 0 aliphatic carbocycles. The highest BCUT2D eigenvalue weighted by molar-refractivity contribution is 5.86. The molecular formula is C14H24N2O4. The second kappa shape index (κ2) is 6.92. The number of alkyl carbamates (subject to hydrolysis) is 1. The molecule has 6 nitrogen and oxygen atoms in total. The normalized spacial score (nSPS) is 27.4. The quantitative estimate of drug-likeness (QED) is 0.841. The molecule has 0 spiro atoms. The number of nitrogens with zero attached hydrogens (tertiary/aromatic N) is 1. The van der Waals surface area contributed by atoms with Crippen LogP contribution in [-0.2, 0) is 14.3 Å². The molecule has 2 rings (SSSR count). The van der Waals surface area contributed by atoms with Gasteiger partial charge in [-0.05, 0) is 25.7 Å². The second-order valence-electron chi connectivity index (χ2n) is 5.47. The van der Waals surface area contributed by atoms with Crippen LogP contribution in [0.1, 0.15) is 32.6 Å². The van der Waals surface area contributed by atoms with Gasteiger partial charge in [0.05, 0.1) is 13.7 Å². The lowest BCUT2D eigenvalue weighted by molar-refractivity contribution is -0.135. The molecule has 0 aromatic rings. The Hall–Kier alpha value is -1.30. The summed E-state index contributed by atoms with van der Waals surface area (Å²) in [6, 6.07) is -0.233. The standard InChI is InChI=1S/C14H24N2O4/c1-3-11-5-4-7-16(11)13(17)12(15-14(18)19-2)10-6-8-20-9-10/h10-12H,3-9H2,1-2H3,(H,15,18). The van der Waals surface area contributed by atoms with Crippen LogP contribution in [0.2, 0.25) is 0 Å². The summed E-state index contributed by atoms with van der Waals surface area (Å²) in [5, 5.41) is 2.70. The van der Waals surface area contributed by atoms with Gasteiger partial charge in [0.1, 0.15) is 6.04 Å². The van der Waals surface area contributed by atoms with E-state index in [2.05, 4.69) is 17.0 Å². The Labute approximate surface area is 119 Å². The van der Waals surface area contributed by atoms with Crippen molar-refractivity contribution in [3.63, 3.8) is 0 Å². The Kier molecular flexibility index (Phi) is 5.23. The molecule has 2 saturated heterocycles. The third kappa shape index (κ3) is 3.23. The molecule has 0 aromatic carbocycles. The fourth-order valence-corrected chi connectivity index (χ4v) is 3.11. The number of carbonyl (C=O) groups is 2. The molecule has 2 heterocycles. The van der Waals surface area contributed by atoms with Gasteiger partial charge in [-0.25, -0.2) is 4.79 Å². The smallest absolute Gasteiger partial charge is 0.407 e. The SMILES string of the molecule is CCC1CCCN1C(=O)C(NC(=O)OC)C1CCOC1. The van der Waals surface area contributed by atoms with Crippen molar-refractivity contribution in [2.75, 3.05) is 26.9 Å². The number of ether oxygens (including phenoxy) is 2. The molecular weight excluding hydrogens is 260 g/mol. The monoisotopic (exact) mass is 284 g/mol. The van der Waals surface area contributed by atoms with E-state index in [4.69, 9.17) is 4.74 Å². The summed E-state index contributed by atoms with van der Waals surface area (Å²) >= 11 is 0. The van der Waals surface area contributed by atoms with Gasteiger partial charge in [-0.2, -0.15) is 0 Å². The van der Waals surface area contributed by atoms with Gasteiger partial charge in [0, 0.05) is 25.1 Å². The topological polar surface area (TPSA) is 67.9 Å². The first-order valence-corrected chi connectivity index (χ1v) is 7.40. The first-order chi connectivity index (χ1) is 9.67. The third-order valence-electron chi connectivity index (χ3n) is 4.29. The van der Waals surface area contributed by atoms with Gasteiger partial charge in [0.2, 0.25) is 5.91 Å². The van der Waals surface area contributed by atoms with Crippen LogP contribution in [-0.4, -0.2) is 55.9 Å². The highest BCUT2D eigenvalue weighted by Crippen LogP contribution is 2.25. The molecule has 0 radical (unpaired) electrons. The van der Waals surface area contributed by atoms with E-state index in [0.717, 1.165) is 32.2 Å². The van der Waals surface area contributed by atoms with Crippen LogP contribution < -0.4 is 5.32 Å². The fourth-order valence-electron chi connectivity index (χ4n) is 3.11. The summed E-state index contributed by atoms with van der Waals surface area (Å²) in [4.78, 5) is 26.2. The summed E-state index contributed by atoms with van der Waals surface area (Å²) in [5.74, 6) is 0.0509. The molecule has 0 aromatic heterocycles. The largest absolute Gasteiger partial charge is 0.453 e. The first-order valence-electron chi connectivity index (χ1n) is 7.40. The fraction of sp³-hybridized carbons (Fsp3) is 0.857. The van der Waals surface area contributed by atoms with Crippen LogP contribution in [0.15, 0.2) is 0 Å². The van der Waals surface area contributed by atoms with Gasteiger partial charge in [0.25, 0.3) is 0 Å². The highest BCUT2D eigenvalue weighted by Gasteiger charge is 2.38. The van der Waals surface area contributed by atoms with Crippen molar-refractivity contribution in [1.29, 1.82) is 0 Å². The molecule has 114 valence electrons. The van der Waals surface area contributed by atoms with Crippen LogP contribution in [0.4, 0.5) is 4.79 Å². The zero-order chi connectivity index (χ0) is 14.5. The van der Waals surface area contributed by atoms with Crippen molar-refractivity contribution in [3.8, 4) is 0 Å². The summed E-state index contributed by atoms with van der Waals surface area (Å²) in [5.41, 5.74) is 0. The van der Waals surface area contributed by atoms with E-state index >= 15 is 0 Å². The van der Waals surface area contributed by atoms with Gasteiger partial charge in [0.15, 0.2) is 0 Å². The van der Waals surface area contributed by atoms with Crippen LogP contribution in [0.5, 0.6) is 0 Å². The molecule has 1 N–H and O–H groups in total. The predicted molar refractivity (Wildman–Crippen MR) is 73.3 cm³/mol. The van der Waals surface area contributed by atoms with E-state index in [1.165, 1.54) is 7.11 Å². The minimum absolute atomic E-state index is 0.00949. The van der Waals surface area contributed by atoms with Crippen molar-refractivity contribution in [3.05, 3.63) is 0 Å². The molecule has 2 amide bonds. The van der Waals surface area contributed by atoms with Gasteiger partial charge in [-0.3, -0.25) is 4.79 Å². The Morgan fingerprint density at radius 3 is 2.85 bits per heavy atom. The zero-order valence-corrected chi connectivity index (χ0v) is 12.3. The first kappa shape index (κ1) is 15.1. The van der Waals surface area contributed by atoms with Crippen molar-refractivity contribution in [1.82, 2.24) is 10.2 Å². The predicted octanol–water partition coefficient (Wildman–Crippen LogP) is 1.15. The highest BCUT2D eigenvalue weighted by atomic mass is 16.5. The lowest BCUT2D eigenvalue weighted by Crippen LogP contribution is -2.53. The second-order valence-corrected chi connectivity index (χ2v) is 5.47. The van der Waals surface area contributed by atoms with Gasteiger partial charge >= 0.3 is 6.09 Å². The number of nitrogens with one attached hydrogen (secondary N) is 1. The molecule has 3 atom stereocenters. The maximum absolute atomic E-state index is 12.8. The molecule has 6 heteroatoms. The van der Waals surface area contributed by atoms with Crippen LogP contribution in [0, 0.1) is 5.92 Å². The molecule has 3 unspecified atom stereocenters. The number of likely N-dealkylation sites (tertiary alicyclic amines) is 1. The summed E-state index contributed by atoms with van der Waals surface area (Å²) in [7, 11) is 1.31. The maximum Gasteiger partial charge on any atom is 0.407 e. The van der Waals surface area contributed by atoms with Crippen LogP contribution in [0.25, 0.3) is 0 Å². The van der Waals surface area contributed by atoms with Crippen molar-refractivity contribution < 1.29 is 19.1 Å². The molecule has 2 aliphatic rings.